The summed E-state index contributed by atoms with van der Waals surface area (Å²) in [6.45, 7) is 4.42. The zero-order chi connectivity index (χ0) is 15.7. The predicted octanol–water partition coefficient (Wildman–Crippen LogP) is 5.33. The summed E-state index contributed by atoms with van der Waals surface area (Å²) in [4.78, 5) is 11.9. The van der Waals surface area contributed by atoms with Crippen molar-refractivity contribution in [2.45, 2.75) is 51.5 Å². The van der Waals surface area contributed by atoms with Crippen molar-refractivity contribution in [2.24, 2.45) is 5.41 Å². The quantitative estimate of drug-likeness (QED) is 0.703. The van der Waals surface area contributed by atoms with Crippen molar-refractivity contribution in [3.8, 4) is 0 Å². The number of anilines is 1. The highest BCUT2D eigenvalue weighted by Crippen LogP contribution is 2.40. The molecule has 0 bridgehead atoms. The summed E-state index contributed by atoms with van der Waals surface area (Å²) in [5.74, 6) is -0.772. The van der Waals surface area contributed by atoms with Crippen molar-refractivity contribution in [3.05, 3.63) is 27.7 Å². The Bertz CT molecular complexity index is 547. The fraction of sp³-hybridized carbons (Fsp3) is 0.562. The second kappa shape index (κ2) is 6.17. The van der Waals surface area contributed by atoms with Gasteiger partial charge in [-0.05, 0) is 71.6 Å². The second-order valence-electron chi connectivity index (χ2n) is 6.66. The minimum Gasteiger partial charge on any atom is -0.480 e. The number of carboxylic acid groups (broad SMARTS) is 1. The minimum absolute atomic E-state index is 0.208. The van der Waals surface area contributed by atoms with Gasteiger partial charge in [-0.1, -0.05) is 25.4 Å². The summed E-state index contributed by atoms with van der Waals surface area (Å²) in [6, 6.07) is 5.43. The van der Waals surface area contributed by atoms with Crippen LogP contribution in [0.3, 0.4) is 0 Å². The molecule has 1 atom stereocenters. The lowest BCUT2D eigenvalue weighted by Crippen LogP contribution is -2.46. The van der Waals surface area contributed by atoms with E-state index in [-0.39, 0.29) is 5.41 Å². The highest BCUT2D eigenvalue weighted by Gasteiger charge is 2.41. The molecular formula is C16H21BrClNO2. The number of hydrogen-bond donors (Lipinski definition) is 2. The molecule has 1 aromatic rings. The molecule has 1 aliphatic carbocycles. The minimum atomic E-state index is -0.888. The summed E-state index contributed by atoms with van der Waals surface area (Å²) in [5, 5.41) is 13.6. The molecule has 0 aromatic heterocycles. The van der Waals surface area contributed by atoms with Crippen LogP contribution in [0.2, 0.25) is 5.02 Å². The van der Waals surface area contributed by atoms with E-state index in [0.29, 0.717) is 17.9 Å². The van der Waals surface area contributed by atoms with Crippen LogP contribution >= 0.6 is 27.5 Å². The number of benzene rings is 1. The molecule has 5 heteroatoms. The summed E-state index contributed by atoms with van der Waals surface area (Å²) in [5.41, 5.74) is 0.105. The number of carboxylic acids is 1. The van der Waals surface area contributed by atoms with E-state index in [1.807, 2.05) is 12.1 Å². The molecule has 0 spiro atoms. The van der Waals surface area contributed by atoms with E-state index in [2.05, 4.69) is 35.1 Å². The third kappa shape index (κ3) is 3.92. The molecule has 0 amide bonds. The maximum Gasteiger partial charge on any atom is 0.329 e. The van der Waals surface area contributed by atoms with Crippen LogP contribution in [0.1, 0.15) is 46.0 Å². The predicted molar refractivity (Wildman–Crippen MR) is 90.0 cm³/mol. The van der Waals surface area contributed by atoms with Gasteiger partial charge < -0.3 is 10.4 Å². The number of hydrogen-bond acceptors (Lipinski definition) is 2. The van der Waals surface area contributed by atoms with Crippen molar-refractivity contribution >= 4 is 39.2 Å². The van der Waals surface area contributed by atoms with Crippen molar-refractivity contribution in [3.63, 3.8) is 0 Å². The molecule has 2 rings (SSSR count). The van der Waals surface area contributed by atoms with E-state index in [1.165, 1.54) is 0 Å². The van der Waals surface area contributed by atoms with E-state index in [0.717, 1.165) is 29.4 Å². The first-order valence-corrected chi connectivity index (χ1v) is 8.38. The zero-order valence-electron chi connectivity index (χ0n) is 12.4. The van der Waals surface area contributed by atoms with Crippen molar-refractivity contribution in [1.29, 1.82) is 0 Å². The molecule has 0 saturated heterocycles. The van der Waals surface area contributed by atoms with Gasteiger partial charge in [0.25, 0.3) is 0 Å². The average Bonchev–Trinajstić information content (AvgIpc) is 2.54. The van der Waals surface area contributed by atoms with E-state index in [1.54, 1.807) is 6.07 Å². The average molecular weight is 375 g/mol. The van der Waals surface area contributed by atoms with E-state index >= 15 is 0 Å². The van der Waals surface area contributed by atoms with E-state index in [9.17, 15) is 9.90 Å². The highest BCUT2D eigenvalue weighted by atomic mass is 79.9. The lowest BCUT2D eigenvalue weighted by molar-refractivity contribution is -0.142. The molecule has 0 aliphatic heterocycles. The molecule has 1 aromatic carbocycles. The fourth-order valence-corrected chi connectivity index (χ4v) is 3.41. The summed E-state index contributed by atoms with van der Waals surface area (Å²) < 4.78 is 0.767. The number of nitrogens with one attached hydrogen (secondary N) is 1. The molecule has 21 heavy (non-hydrogen) atoms. The lowest BCUT2D eigenvalue weighted by atomic mass is 9.83. The van der Waals surface area contributed by atoms with Crippen molar-refractivity contribution in [1.82, 2.24) is 0 Å². The summed E-state index contributed by atoms with van der Waals surface area (Å²) in [6.07, 6.45) is 4.16. The van der Waals surface area contributed by atoms with Crippen molar-refractivity contribution in [2.75, 3.05) is 5.32 Å². The lowest BCUT2D eigenvalue weighted by Gasteiger charge is -2.31. The van der Waals surface area contributed by atoms with Gasteiger partial charge in [0.1, 0.15) is 5.54 Å². The molecule has 1 saturated carbocycles. The van der Waals surface area contributed by atoms with Gasteiger partial charge in [0.15, 0.2) is 0 Å². The van der Waals surface area contributed by atoms with Gasteiger partial charge in [0.05, 0.1) is 5.02 Å². The third-order valence-electron chi connectivity index (χ3n) is 4.40. The molecule has 3 nitrogen and oxygen atoms in total. The molecule has 1 fully saturated rings. The Hall–Kier alpha value is -0.740. The first-order valence-electron chi connectivity index (χ1n) is 7.21. The molecule has 1 unspecified atom stereocenters. The first-order chi connectivity index (χ1) is 9.74. The van der Waals surface area contributed by atoms with Gasteiger partial charge in [-0.2, -0.15) is 0 Å². The Morgan fingerprint density at radius 1 is 1.29 bits per heavy atom. The molecule has 1 aliphatic rings. The topological polar surface area (TPSA) is 49.3 Å². The van der Waals surface area contributed by atoms with Gasteiger partial charge in [0, 0.05) is 10.2 Å². The largest absolute Gasteiger partial charge is 0.480 e. The van der Waals surface area contributed by atoms with Crippen LogP contribution in [0.15, 0.2) is 22.7 Å². The van der Waals surface area contributed by atoms with Gasteiger partial charge in [-0.25, -0.2) is 4.79 Å². The SMILES string of the molecule is CC1(C)CCCC(Nc2ccc(Cl)c(Br)c2)(C(=O)O)CC1. The van der Waals surface area contributed by atoms with Crippen molar-refractivity contribution < 1.29 is 9.90 Å². The Morgan fingerprint density at radius 3 is 2.62 bits per heavy atom. The Morgan fingerprint density at radius 2 is 2.00 bits per heavy atom. The van der Waals surface area contributed by atoms with Crippen LogP contribution in [0.4, 0.5) is 5.69 Å². The smallest absolute Gasteiger partial charge is 0.329 e. The molecule has 0 heterocycles. The maximum absolute atomic E-state index is 11.9. The molecular weight excluding hydrogens is 354 g/mol. The number of rotatable bonds is 3. The van der Waals surface area contributed by atoms with Crippen LogP contribution < -0.4 is 5.32 Å². The van der Waals surface area contributed by atoms with Gasteiger partial charge in [-0.15, -0.1) is 0 Å². The van der Waals surface area contributed by atoms with Crippen LogP contribution in [-0.4, -0.2) is 16.6 Å². The maximum atomic E-state index is 11.9. The highest BCUT2D eigenvalue weighted by molar-refractivity contribution is 9.10. The Labute approximate surface area is 139 Å². The standard InChI is InChI=1S/C16H21BrClNO2/c1-15(2)6-3-7-16(9-8-15,14(20)21)19-11-4-5-13(18)12(17)10-11/h4-5,10,19H,3,6-9H2,1-2H3,(H,20,21). The molecule has 116 valence electrons. The van der Waals surface area contributed by atoms with Crippen LogP contribution in [-0.2, 0) is 4.79 Å². The fourth-order valence-electron chi connectivity index (χ4n) is 2.91. The van der Waals surface area contributed by atoms with Gasteiger partial charge in [0.2, 0.25) is 0 Å². The molecule has 0 radical (unpaired) electrons. The first kappa shape index (κ1) is 16.6. The van der Waals surface area contributed by atoms with Gasteiger partial charge >= 0.3 is 5.97 Å². The number of aliphatic carboxylic acids is 1. The summed E-state index contributed by atoms with van der Waals surface area (Å²) in [7, 11) is 0. The van der Waals surface area contributed by atoms with Crippen LogP contribution in [0, 0.1) is 5.41 Å². The third-order valence-corrected chi connectivity index (χ3v) is 5.61. The van der Waals surface area contributed by atoms with E-state index < -0.39 is 11.5 Å². The second-order valence-corrected chi connectivity index (χ2v) is 7.92. The number of halogens is 2. The Balaban J connectivity index is 2.26. The van der Waals surface area contributed by atoms with E-state index in [4.69, 9.17) is 11.6 Å². The summed E-state index contributed by atoms with van der Waals surface area (Å²) >= 11 is 9.37. The number of carbonyl (C=O) groups is 1. The monoisotopic (exact) mass is 373 g/mol. The molecule has 2 N–H and O–H groups in total. The Kier molecular flexibility index (Phi) is 4.89. The van der Waals surface area contributed by atoms with Gasteiger partial charge in [-0.3, -0.25) is 0 Å². The normalized spacial score (nSPS) is 25.1. The van der Waals surface area contributed by atoms with Crippen LogP contribution in [0.25, 0.3) is 0 Å². The zero-order valence-corrected chi connectivity index (χ0v) is 14.7. The van der Waals surface area contributed by atoms with Crippen LogP contribution in [0.5, 0.6) is 0 Å².